The topological polar surface area (TPSA) is 71.3 Å². The van der Waals surface area contributed by atoms with Crippen LogP contribution in [0.4, 0.5) is 17.6 Å². The molecule has 1 aromatic heterocycles. The third-order valence-corrected chi connectivity index (χ3v) is 7.94. The molecule has 7 rings (SSSR count). The number of nitrogens with zero attached hydrogens (tertiary/aromatic N) is 1. The van der Waals surface area contributed by atoms with Crippen LogP contribution in [0.25, 0.3) is 22.0 Å². The molecule has 0 radical (unpaired) electrons. The summed E-state index contributed by atoms with van der Waals surface area (Å²) in [5, 5.41) is 13.0. The highest BCUT2D eigenvalue weighted by Gasteiger charge is 2.68. The van der Waals surface area contributed by atoms with Gasteiger partial charge in [0.25, 0.3) is 5.91 Å². The third-order valence-electron chi connectivity index (χ3n) is 7.94. The van der Waals surface area contributed by atoms with Crippen LogP contribution < -0.4 is 5.32 Å². The maximum atomic E-state index is 14.0. The largest absolute Gasteiger partial charge is 0.481 e. The van der Waals surface area contributed by atoms with Crippen LogP contribution in [0.1, 0.15) is 47.2 Å². The van der Waals surface area contributed by atoms with Crippen LogP contribution in [0.15, 0.2) is 72.9 Å². The maximum absolute atomic E-state index is 14.0. The first-order chi connectivity index (χ1) is 18.4. The molecule has 0 saturated heterocycles. The van der Waals surface area contributed by atoms with Crippen LogP contribution in [-0.4, -0.2) is 27.1 Å². The lowest BCUT2D eigenvalue weighted by molar-refractivity contribution is -0.172. The Labute approximate surface area is 221 Å². The number of hydrogen-bond acceptors (Lipinski definition) is 2. The molecule has 0 unspecified atom stereocenters. The second-order valence-corrected chi connectivity index (χ2v) is 10.9. The number of hydrogen-bond donors (Lipinski definition) is 2. The Morgan fingerprint density at radius 2 is 1.67 bits per heavy atom. The van der Waals surface area contributed by atoms with Crippen LogP contribution in [0, 0.1) is 11.2 Å². The fourth-order valence-electron chi connectivity index (χ4n) is 6.43. The summed E-state index contributed by atoms with van der Waals surface area (Å²) in [6, 6.07) is 16.3. The number of fused-ring (bicyclic) bond motifs is 1. The number of rotatable bonds is 7. The number of carbonyl (C=O) groups is 2. The number of carbonyl (C=O) groups excluding carboxylic acids is 1. The fourth-order valence-corrected chi connectivity index (χ4v) is 6.43. The minimum atomic E-state index is -4.43. The van der Waals surface area contributed by atoms with Gasteiger partial charge in [-0.25, -0.2) is 4.39 Å². The predicted octanol–water partition coefficient (Wildman–Crippen LogP) is 6.64. The number of alkyl halides is 3. The molecule has 0 atom stereocenters. The molecular weight excluding hydrogens is 512 g/mol. The van der Waals surface area contributed by atoms with Gasteiger partial charge in [0, 0.05) is 23.7 Å². The molecule has 5 nitrogen and oxygen atoms in total. The zero-order chi connectivity index (χ0) is 27.6. The Bertz CT molecular complexity index is 1600. The molecule has 2 N–H and O–H groups in total. The van der Waals surface area contributed by atoms with E-state index in [2.05, 4.69) is 5.32 Å². The van der Waals surface area contributed by atoms with E-state index in [1.807, 2.05) is 16.7 Å². The first-order valence-electron chi connectivity index (χ1n) is 12.5. The molecule has 0 aliphatic heterocycles. The van der Waals surface area contributed by atoms with Gasteiger partial charge in [-0.1, -0.05) is 24.3 Å². The van der Waals surface area contributed by atoms with Gasteiger partial charge in [0.1, 0.15) is 5.82 Å². The molecule has 2 bridgehead atoms. The summed E-state index contributed by atoms with van der Waals surface area (Å²) in [6.07, 6.45) is -0.745. The van der Waals surface area contributed by atoms with Crippen LogP contribution >= 0.6 is 0 Å². The number of benzene rings is 3. The van der Waals surface area contributed by atoms with Crippen molar-refractivity contribution in [2.75, 3.05) is 0 Å². The van der Waals surface area contributed by atoms with E-state index in [4.69, 9.17) is 5.11 Å². The van der Waals surface area contributed by atoms with Gasteiger partial charge in [0.2, 0.25) is 0 Å². The van der Waals surface area contributed by atoms with E-state index in [9.17, 15) is 27.2 Å². The average molecular weight is 537 g/mol. The standard InChI is InChI=1S/C30H24F4N2O3/c31-23-3-1-2-19(11-23)21-10-20-8-9-36(14-18-4-6-22(7-5-18)30(32,33)34)26(20)24(12-21)27(39)35-29-15-28(16-29,17-29)13-25(37)38/h1-12H,13-17H2,(H,35,39)(H,37,38). The molecular formula is C30H24F4N2O3. The first-order valence-corrected chi connectivity index (χ1v) is 12.5. The van der Waals surface area contributed by atoms with Crippen molar-refractivity contribution in [3.8, 4) is 11.1 Å². The highest BCUT2D eigenvalue weighted by molar-refractivity contribution is 6.08. The number of nitrogens with one attached hydrogen (secondary N) is 1. The molecule has 1 heterocycles. The van der Waals surface area contributed by atoms with E-state index in [1.54, 1.807) is 24.4 Å². The van der Waals surface area contributed by atoms with Crippen molar-refractivity contribution in [3.63, 3.8) is 0 Å². The molecule has 9 heteroatoms. The highest BCUT2D eigenvalue weighted by Crippen LogP contribution is 2.69. The van der Waals surface area contributed by atoms with Gasteiger partial charge < -0.3 is 15.0 Å². The number of carboxylic acids is 1. The normalized spacial score (nSPS) is 21.7. The van der Waals surface area contributed by atoms with Crippen molar-refractivity contribution in [2.45, 2.75) is 43.9 Å². The second-order valence-electron chi connectivity index (χ2n) is 10.9. The number of halogens is 4. The van der Waals surface area contributed by atoms with Gasteiger partial charge in [-0.05, 0) is 83.8 Å². The Hall–Kier alpha value is -4.14. The molecule has 0 spiro atoms. The zero-order valence-corrected chi connectivity index (χ0v) is 20.7. The number of amides is 1. The number of carboxylic acid groups (broad SMARTS) is 1. The summed E-state index contributed by atoms with van der Waals surface area (Å²) in [7, 11) is 0. The Morgan fingerprint density at radius 1 is 0.949 bits per heavy atom. The summed E-state index contributed by atoms with van der Waals surface area (Å²) in [6.45, 7) is 0.244. The summed E-state index contributed by atoms with van der Waals surface area (Å²) in [5.41, 5.74) is 1.45. The van der Waals surface area contributed by atoms with Gasteiger partial charge in [-0.15, -0.1) is 0 Å². The second kappa shape index (κ2) is 8.69. The van der Waals surface area contributed by atoms with Crippen LogP contribution in [-0.2, 0) is 17.5 Å². The molecule has 3 aromatic carbocycles. The Kier molecular flexibility index (Phi) is 5.61. The summed E-state index contributed by atoms with van der Waals surface area (Å²) in [5.74, 6) is -1.58. The van der Waals surface area contributed by atoms with Crippen LogP contribution in [0.5, 0.6) is 0 Å². The lowest BCUT2D eigenvalue weighted by Crippen LogP contribution is -2.75. The van der Waals surface area contributed by atoms with Crippen molar-refractivity contribution in [2.24, 2.45) is 5.41 Å². The van der Waals surface area contributed by atoms with E-state index in [0.717, 1.165) is 17.5 Å². The highest BCUT2D eigenvalue weighted by atomic mass is 19.4. The summed E-state index contributed by atoms with van der Waals surface area (Å²) in [4.78, 5) is 24.9. The predicted molar refractivity (Wildman–Crippen MR) is 137 cm³/mol. The van der Waals surface area contributed by atoms with Crippen molar-refractivity contribution in [1.29, 1.82) is 0 Å². The van der Waals surface area contributed by atoms with Crippen molar-refractivity contribution in [1.82, 2.24) is 9.88 Å². The molecule has 3 aliphatic carbocycles. The molecule has 3 aliphatic rings. The molecule has 4 aromatic rings. The monoisotopic (exact) mass is 536 g/mol. The summed E-state index contributed by atoms with van der Waals surface area (Å²) < 4.78 is 54.8. The first kappa shape index (κ1) is 25.2. The smallest absolute Gasteiger partial charge is 0.416 e. The minimum absolute atomic E-state index is 0.0832. The Morgan fingerprint density at radius 3 is 2.31 bits per heavy atom. The van der Waals surface area contributed by atoms with E-state index in [1.165, 1.54) is 24.3 Å². The number of aliphatic carboxylic acids is 1. The maximum Gasteiger partial charge on any atom is 0.416 e. The Balaban J connectivity index is 1.35. The van der Waals surface area contributed by atoms with Crippen LogP contribution in [0.2, 0.25) is 0 Å². The lowest BCUT2D eigenvalue weighted by atomic mass is 9.38. The molecule has 39 heavy (non-hydrogen) atoms. The van der Waals surface area contributed by atoms with Gasteiger partial charge in [-0.3, -0.25) is 9.59 Å². The average Bonchev–Trinajstić information content (AvgIpc) is 3.23. The van der Waals surface area contributed by atoms with E-state index in [-0.39, 0.29) is 24.3 Å². The molecule has 1 amide bonds. The van der Waals surface area contributed by atoms with Gasteiger partial charge in [0.05, 0.1) is 23.1 Å². The van der Waals surface area contributed by atoms with Crippen molar-refractivity contribution >= 4 is 22.8 Å². The fraction of sp³-hybridized carbons (Fsp3) is 0.267. The lowest BCUT2D eigenvalue weighted by Gasteiger charge is -2.70. The molecule has 3 fully saturated rings. The van der Waals surface area contributed by atoms with Gasteiger partial charge in [0.15, 0.2) is 0 Å². The quantitative estimate of drug-likeness (QED) is 0.260. The SMILES string of the molecule is O=C(O)CC12CC(NC(=O)c3cc(-c4cccc(F)c4)cc4ccn(Cc5ccc(C(F)(F)F)cc5)c34)(C1)C2. The van der Waals surface area contributed by atoms with E-state index in [0.29, 0.717) is 47.0 Å². The third kappa shape index (κ3) is 4.56. The van der Waals surface area contributed by atoms with E-state index < -0.39 is 29.1 Å². The molecule has 3 saturated carbocycles. The van der Waals surface area contributed by atoms with Gasteiger partial charge in [-0.2, -0.15) is 13.2 Å². The van der Waals surface area contributed by atoms with Crippen LogP contribution in [0.3, 0.4) is 0 Å². The zero-order valence-electron chi connectivity index (χ0n) is 20.7. The van der Waals surface area contributed by atoms with E-state index >= 15 is 0 Å². The number of aromatic nitrogens is 1. The minimum Gasteiger partial charge on any atom is -0.481 e. The van der Waals surface area contributed by atoms with Crippen molar-refractivity contribution in [3.05, 3.63) is 95.4 Å². The van der Waals surface area contributed by atoms with Crippen molar-refractivity contribution < 1.29 is 32.3 Å². The van der Waals surface area contributed by atoms with Gasteiger partial charge >= 0.3 is 12.1 Å². The summed E-state index contributed by atoms with van der Waals surface area (Å²) >= 11 is 0. The molecule has 200 valence electrons.